The lowest BCUT2D eigenvalue weighted by atomic mass is 9.71. The quantitative estimate of drug-likeness (QED) is 0.738. The Labute approximate surface area is 169 Å². The number of aliphatic hydroxyl groups is 1. The first-order chi connectivity index (χ1) is 14.1. The monoisotopic (exact) mass is 384 g/mol. The van der Waals surface area contributed by atoms with E-state index in [1.165, 1.54) is 0 Å². The summed E-state index contributed by atoms with van der Waals surface area (Å²) in [4.78, 5) is 4.23. The van der Waals surface area contributed by atoms with Crippen molar-refractivity contribution in [3.05, 3.63) is 89.2 Å². The predicted octanol–water partition coefficient (Wildman–Crippen LogP) is 4.01. The number of ether oxygens (including phenoxy) is 2. The second kappa shape index (κ2) is 6.33. The van der Waals surface area contributed by atoms with Crippen LogP contribution in [0.5, 0.6) is 11.5 Å². The highest BCUT2D eigenvalue weighted by atomic mass is 16.5. The van der Waals surface area contributed by atoms with Crippen LogP contribution in [0.25, 0.3) is 0 Å². The summed E-state index contributed by atoms with van der Waals surface area (Å²) >= 11 is 0. The van der Waals surface area contributed by atoms with E-state index in [2.05, 4.69) is 23.2 Å². The first-order valence-corrected chi connectivity index (χ1v) is 9.63. The SMILES string of the molecule is COc1cncc2c1C1(O)CCC(c3ccccc3)C1(c1ccc(C#N)cc1)O2. The van der Waals surface area contributed by atoms with Gasteiger partial charge in [0, 0.05) is 5.92 Å². The first kappa shape index (κ1) is 17.7. The molecule has 1 aromatic heterocycles. The smallest absolute Gasteiger partial charge is 0.174 e. The Kier molecular flexibility index (Phi) is 3.87. The molecular formula is C24H20N2O3. The van der Waals surface area contributed by atoms with Gasteiger partial charge in [0.25, 0.3) is 0 Å². The fourth-order valence-electron chi connectivity index (χ4n) is 5.11. The van der Waals surface area contributed by atoms with Crippen molar-refractivity contribution in [3.8, 4) is 17.6 Å². The highest BCUT2D eigenvalue weighted by Gasteiger charge is 2.69. The fourth-order valence-corrected chi connectivity index (χ4v) is 5.11. The largest absolute Gasteiger partial charge is 0.495 e. The van der Waals surface area contributed by atoms with Gasteiger partial charge >= 0.3 is 0 Å². The molecule has 3 unspecified atom stereocenters. The Balaban J connectivity index is 1.77. The first-order valence-electron chi connectivity index (χ1n) is 9.63. The van der Waals surface area contributed by atoms with Gasteiger partial charge in [-0.2, -0.15) is 5.26 Å². The second-order valence-electron chi connectivity index (χ2n) is 7.60. The van der Waals surface area contributed by atoms with Crippen LogP contribution in [0, 0.1) is 11.3 Å². The van der Waals surface area contributed by atoms with Crippen molar-refractivity contribution < 1.29 is 14.6 Å². The maximum atomic E-state index is 12.2. The zero-order valence-corrected chi connectivity index (χ0v) is 16.0. The molecule has 0 spiro atoms. The molecule has 0 bridgehead atoms. The highest BCUT2D eigenvalue weighted by molar-refractivity contribution is 5.57. The Morgan fingerprint density at radius 3 is 2.59 bits per heavy atom. The molecule has 1 aliphatic carbocycles. The van der Waals surface area contributed by atoms with E-state index in [0.717, 1.165) is 17.5 Å². The number of hydrogen-bond donors (Lipinski definition) is 1. The summed E-state index contributed by atoms with van der Waals surface area (Å²) in [5.74, 6) is 0.991. The summed E-state index contributed by atoms with van der Waals surface area (Å²) in [6, 6.07) is 19.6. The summed E-state index contributed by atoms with van der Waals surface area (Å²) in [6.45, 7) is 0. The maximum Gasteiger partial charge on any atom is 0.174 e. The molecule has 5 rings (SSSR count). The average Bonchev–Trinajstić information content (AvgIpc) is 3.21. The lowest BCUT2D eigenvalue weighted by Crippen LogP contribution is -2.48. The van der Waals surface area contributed by atoms with Crippen LogP contribution in [0.3, 0.4) is 0 Å². The number of nitriles is 1. The van der Waals surface area contributed by atoms with Crippen LogP contribution in [0.1, 0.15) is 41.0 Å². The van der Waals surface area contributed by atoms with Crippen molar-refractivity contribution in [2.75, 3.05) is 7.11 Å². The summed E-state index contributed by atoms with van der Waals surface area (Å²) < 4.78 is 12.2. The average molecular weight is 384 g/mol. The van der Waals surface area contributed by atoms with Crippen LogP contribution in [0.15, 0.2) is 67.0 Å². The number of pyridine rings is 1. The highest BCUT2D eigenvalue weighted by Crippen LogP contribution is 2.67. The summed E-state index contributed by atoms with van der Waals surface area (Å²) in [5.41, 5.74) is 0.860. The van der Waals surface area contributed by atoms with E-state index in [-0.39, 0.29) is 5.92 Å². The minimum absolute atomic E-state index is 0.0706. The summed E-state index contributed by atoms with van der Waals surface area (Å²) in [6.07, 6.45) is 4.54. The molecule has 144 valence electrons. The number of fused-ring (bicyclic) bond motifs is 3. The van der Waals surface area contributed by atoms with Gasteiger partial charge in [0.15, 0.2) is 5.60 Å². The van der Waals surface area contributed by atoms with Crippen LogP contribution >= 0.6 is 0 Å². The molecule has 29 heavy (non-hydrogen) atoms. The van der Waals surface area contributed by atoms with Gasteiger partial charge in [0.05, 0.1) is 36.7 Å². The number of hydrogen-bond acceptors (Lipinski definition) is 5. The Morgan fingerprint density at radius 1 is 1.14 bits per heavy atom. The second-order valence-corrected chi connectivity index (χ2v) is 7.60. The van der Waals surface area contributed by atoms with E-state index in [1.54, 1.807) is 31.6 Å². The summed E-state index contributed by atoms with van der Waals surface area (Å²) in [7, 11) is 1.58. The third-order valence-corrected chi connectivity index (χ3v) is 6.33. The predicted molar refractivity (Wildman–Crippen MR) is 107 cm³/mol. The fraction of sp³-hybridized carbons (Fsp3) is 0.250. The van der Waals surface area contributed by atoms with Crippen molar-refractivity contribution in [3.63, 3.8) is 0 Å². The van der Waals surface area contributed by atoms with Crippen LogP contribution in [0.2, 0.25) is 0 Å². The minimum Gasteiger partial charge on any atom is -0.495 e. The van der Waals surface area contributed by atoms with Gasteiger partial charge in [-0.05, 0) is 36.1 Å². The molecule has 2 heterocycles. The van der Waals surface area contributed by atoms with Crippen LogP contribution in [0.4, 0.5) is 0 Å². The molecule has 3 atom stereocenters. The van der Waals surface area contributed by atoms with Gasteiger partial charge in [-0.25, -0.2) is 0 Å². The standard InChI is InChI=1S/C24H20N2O3/c1-28-20-14-26-15-21-22(20)23(27)12-11-19(17-5-3-2-4-6-17)24(23,29-21)18-9-7-16(13-25)8-10-18/h2-10,14-15,19,27H,11-12H2,1H3. The van der Waals surface area contributed by atoms with Crippen molar-refractivity contribution in [1.82, 2.24) is 4.98 Å². The molecule has 1 N–H and O–H groups in total. The lowest BCUT2D eigenvalue weighted by molar-refractivity contribution is -0.106. The summed E-state index contributed by atoms with van der Waals surface area (Å²) in [5, 5.41) is 21.4. The third kappa shape index (κ3) is 2.27. The molecule has 5 nitrogen and oxygen atoms in total. The van der Waals surface area contributed by atoms with Gasteiger partial charge in [0.1, 0.15) is 17.1 Å². The van der Waals surface area contributed by atoms with Crippen molar-refractivity contribution in [1.29, 1.82) is 5.26 Å². The van der Waals surface area contributed by atoms with E-state index in [0.29, 0.717) is 29.0 Å². The Hall–Kier alpha value is -3.36. The van der Waals surface area contributed by atoms with E-state index in [9.17, 15) is 10.4 Å². The van der Waals surface area contributed by atoms with Gasteiger partial charge in [-0.1, -0.05) is 42.5 Å². The number of benzene rings is 2. The molecule has 3 aromatic rings. The molecular weight excluding hydrogens is 364 g/mol. The van der Waals surface area contributed by atoms with E-state index >= 15 is 0 Å². The van der Waals surface area contributed by atoms with E-state index in [4.69, 9.17) is 9.47 Å². The lowest BCUT2D eigenvalue weighted by Gasteiger charge is -2.40. The van der Waals surface area contributed by atoms with E-state index in [1.807, 2.05) is 30.3 Å². The molecule has 1 saturated carbocycles. The third-order valence-electron chi connectivity index (χ3n) is 6.33. The molecule has 0 saturated heterocycles. The molecule has 1 fully saturated rings. The van der Waals surface area contributed by atoms with Crippen molar-refractivity contribution in [2.45, 2.75) is 30.0 Å². The molecule has 1 aliphatic heterocycles. The van der Waals surface area contributed by atoms with Gasteiger partial charge in [-0.15, -0.1) is 0 Å². The minimum atomic E-state index is -1.27. The van der Waals surface area contributed by atoms with Crippen LogP contribution in [-0.4, -0.2) is 17.2 Å². The van der Waals surface area contributed by atoms with Crippen LogP contribution < -0.4 is 9.47 Å². The molecule has 5 heteroatoms. The van der Waals surface area contributed by atoms with Gasteiger partial charge in [0.2, 0.25) is 0 Å². The van der Waals surface area contributed by atoms with Crippen molar-refractivity contribution in [2.24, 2.45) is 0 Å². The number of rotatable bonds is 3. The number of methoxy groups -OCH3 is 1. The topological polar surface area (TPSA) is 75.4 Å². The van der Waals surface area contributed by atoms with Gasteiger partial charge in [-0.3, -0.25) is 4.98 Å². The molecule has 0 amide bonds. The van der Waals surface area contributed by atoms with Gasteiger partial charge < -0.3 is 14.6 Å². The molecule has 2 aliphatic rings. The maximum absolute atomic E-state index is 12.2. The van der Waals surface area contributed by atoms with E-state index < -0.39 is 11.2 Å². The Bertz CT molecular complexity index is 1110. The zero-order chi connectivity index (χ0) is 20.1. The normalized spacial score (nSPS) is 26.9. The molecule has 2 aromatic carbocycles. The molecule has 0 radical (unpaired) electrons. The Morgan fingerprint density at radius 2 is 1.90 bits per heavy atom. The number of aromatic nitrogens is 1. The number of nitrogens with zero attached hydrogens (tertiary/aromatic N) is 2. The zero-order valence-electron chi connectivity index (χ0n) is 16.0. The van der Waals surface area contributed by atoms with Crippen molar-refractivity contribution >= 4 is 0 Å². The van der Waals surface area contributed by atoms with Crippen LogP contribution in [-0.2, 0) is 11.2 Å².